The van der Waals surface area contributed by atoms with Crippen molar-refractivity contribution in [3.8, 4) is 11.5 Å². The van der Waals surface area contributed by atoms with E-state index in [4.69, 9.17) is 21.1 Å². The number of benzene rings is 2. The lowest BCUT2D eigenvalue weighted by molar-refractivity contribution is -0.123. The molecule has 2 aromatic carbocycles. The van der Waals surface area contributed by atoms with E-state index in [0.717, 1.165) is 6.07 Å². The molecule has 2 rings (SSSR count). The van der Waals surface area contributed by atoms with E-state index >= 15 is 0 Å². The van der Waals surface area contributed by atoms with Gasteiger partial charge in [0.15, 0.2) is 23.9 Å². The fourth-order valence-corrected chi connectivity index (χ4v) is 2.40. The molecular formula is C20H19ClFNO4. The lowest BCUT2D eigenvalue weighted by atomic mass is 10.1. The number of likely N-dealkylation sites (N-methyl/N-ethyl adjacent to an activating group) is 1. The van der Waals surface area contributed by atoms with Crippen molar-refractivity contribution in [1.29, 1.82) is 0 Å². The maximum absolute atomic E-state index is 13.2. The van der Waals surface area contributed by atoms with Crippen molar-refractivity contribution >= 4 is 29.4 Å². The first-order valence-electron chi connectivity index (χ1n) is 8.19. The second kappa shape index (κ2) is 9.73. The summed E-state index contributed by atoms with van der Waals surface area (Å²) in [6, 6.07) is 8.84. The molecule has 0 atom stereocenters. The molecule has 7 heteroatoms. The summed E-state index contributed by atoms with van der Waals surface area (Å²) in [7, 11) is 1.48. The minimum Gasteiger partial charge on any atom is -0.493 e. The lowest BCUT2D eigenvalue weighted by Gasteiger charge is -2.11. The molecule has 0 aliphatic carbocycles. The van der Waals surface area contributed by atoms with Gasteiger partial charge >= 0.3 is 0 Å². The molecule has 27 heavy (non-hydrogen) atoms. The van der Waals surface area contributed by atoms with Crippen LogP contribution in [-0.2, 0) is 4.79 Å². The second-order valence-corrected chi connectivity index (χ2v) is 5.89. The van der Waals surface area contributed by atoms with Gasteiger partial charge in [-0.3, -0.25) is 9.59 Å². The molecule has 5 nitrogen and oxygen atoms in total. The number of hydrogen-bond acceptors (Lipinski definition) is 4. The summed E-state index contributed by atoms with van der Waals surface area (Å²) in [5.74, 6) is -0.277. The van der Waals surface area contributed by atoms with E-state index in [0.29, 0.717) is 23.6 Å². The Kier molecular flexibility index (Phi) is 7.37. The van der Waals surface area contributed by atoms with Gasteiger partial charge in [0.05, 0.1) is 12.1 Å². The highest BCUT2D eigenvalue weighted by Gasteiger charge is 2.09. The van der Waals surface area contributed by atoms with E-state index in [1.807, 2.05) is 6.92 Å². The Hall–Kier alpha value is -2.86. The average Bonchev–Trinajstić information content (AvgIpc) is 2.67. The highest BCUT2D eigenvalue weighted by molar-refractivity contribution is 6.31. The van der Waals surface area contributed by atoms with Gasteiger partial charge in [0, 0.05) is 12.1 Å². The van der Waals surface area contributed by atoms with Crippen molar-refractivity contribution in [3.63, 3.8) is 0 Å². The van der Waals surface area contributed by atoms with Gasteiger partial charge in [-0.15, -0.1) is 0 Å². The van der Waals surface area contributed by atoms with Crippen LogP contribution in [0.4, 0.5) is 4.39 Å². The Balaban J connectivity index is 2.09. The first-order chi connectivity index (χ1) is 12.9. The van der Waals surface area contributed by atoms with Crippen molar-refractivity contribution in [3.05, 3.63) is 64.4 Å². The van der Waals surface area contributed by atoms with Gasteiger partial charge in [0.2, 0.25) is 0 Å². The third kappa shape index (κ3) is 5.82. The van der Waals surface area contributed by atoms with E-state index in [9.17, 15) is 14.0 Å². The molecule has 0 fully saturated rings. The summed E-state index contributed by atoms with van der Waals surface area (Å²) < 4.78 is 23.9. The third-order valence-electron chi connectivity index (χ3n) is 3.55. The number of ether oxygens (including phenoxy) is 2. The van der Waals surface area contributed by atoms with Gasteiger partial charge in [0.1, 0.15) is 5.82 Å². The van der Waals surface area contributed by atoms with Crippen molar-refractivity contribution in [1.82, 2.24) is 5.32 Å². The van der Waals surface area contributed by atoms with E-state index in [-0.39, 0.29) is 28.9 Å². The number of ketones is 1. The molecule has 0 aromatic heterocycles. The predicted octanol–water partition coefficient (Wildman–Crippen LogP) is 3.90. The molecule has 0 radical (unpaired) electrons. The number of halogens is 2. The number of methoxy groups -OCH3 is 1. The van der Waals surface area contributed by atoms with Crippen LogP contribution in [0.25, 0.3) is 6.08 Å². The first kappa shape index (κ1) is 20.5. The van der Waals surface area contributed by atoms with Crippen LogP contribution in [-0.4, -0.2) is 32.0 Å². The normalized spacial score (nSPS) is 10.7. The van der Waals surface area contributed by atoms with Gasteiger partial charge in [-0.25, -0.2) is 4.39 Å². The maximum atomic E-state index is 13.2. The van der Waals surface area contributed by atoms with Gasteiger partial charge in [-0.05, 0) is 48.9 Å². The number of amides is 1. The Labute approximate surface area is 161 Å². The van der Waals surface area contributed by atoms with Crippen LogP contribution in [0.1, 0.15) is 22.8 Å². The molecule has 2 aromatic rings. The Bertz CT molecular complexity index is 867. The summed E-state index contributed by atoms with van der Waals surface area (Å²) in [4.78, 5) is 23.7. The molecule has 142 valence electrons. The minimum atomic E-state index is -0.579. The van der Waals surface area contributed by atoms with Crippen LogP contribution in [0.3, 0.4) is 0 Å². The molecule has 0 aliphatic rings. The second-order valence-electron chi connectivity index (χ2n) is 5.48. The molecule has 1 amide bonds. The number of allylic oxidation sites excluding steroid dienone is 1. The topological polar surface area (TPSA) is 64.6 Å². The quantitative estimate of drug-likeness (QED) is 0.547. The van der Waals surface area contributed by atoms with E-state index in [1.165, 1.54) is 25.3 Å². The van der Waals surface area contributed by atoms with Crippen LogP contribution in [0, 0.1) is 5.82 Å². The number of carbonyl (C=O) groups excluding carboxylic acids is 2. The van der Waals surface area contributed by atoms with Crippen LogP contribution in [0.5, 0.6) is 11.5 Å². The zero-order valence-corrected chi connectivity index (χ0v) is 15.7. The number of carbonyl (C=O) groups is 2. The summed E-state index contributed by atoms with van der Waals surface area (Å²) in [5.41, 5.74) is 0.977. The summed E-state index contributed by atoms with van der Waals surface area (Å²) >= 11 is 5.69. The number of nitrogens with one attached hydrogen (secondary N) is 1. The zero-order chi connectivity index (χ0) is 19.8. The Morgan fingerprint density at radius 3 is 2.63 bits per heavy atom. The van der Waals surface area contributed by atoms with Crippen LogP contribution in [0.2, 0.25) is 5.02 Å². The number of hydrogen-bond donors (Lipinski definition) is 1. The highest BCUT2D eigenvalue weighted by Crippen LogP contribution is 2.28. The molecule has 0 spiro atoms. The summed E-state index contributed by atoms with van der Waals surface area (Å²) in [5, 5.41) is 2.53. The van der Waals surface area contributed by atoms with E-state index in [2.05, 4.69) is 5.32 Å². The van der Waals surface area contributed by atoms with Crippen LogP contribution >= 0.6 is 11.6 Å². The molecule has 0 aliphatic heterocycles. The Morgan fingerprint density at radius 1 is 1.19 bits per heavy atom. The van der Waals surface area contributed by atoms with Crippen LogP contribution < -0.4 is 14.8 Å². The molecule has 0 saturated carbocycles. The monoisotopic (exact) mass is 391 g/mol. The van der Waals surface area contributed by atoms with E-state index < -0.39 is 5.82 Å². The van der Waals surface area contributed by atoms with E-state index in [1.54, 1.807) is 24.3 Å². The van der Waals surface area contributed by atoms with Crippen molar-refractivity contribution in [2.75, 3.05) is 20.3 Å². The molecule has 0 bridgehead atoms. The van der Waals surface area contributed by atoms with Crippen molar-refractivity contribution in [2.45, 2.75) is 6.92 Å². The van der Waals surface area contributed by atoms with Gasteiger partial charge in [-0.1, -0.05) is 23.7 Å². The molecule has 1 N–H and O–H groups in total. The maximum Gasteiger partial charge on any atom is 0.257 e. The lowest BCUT2D eigenvalue weighted by Crippen LogP contribution is -2.28. The first-order valence-corrected chi connectivity index (χ1v) is 8.57. The molecular weight excluding hydrogens is 373 g/mol. The number of rotatable bonds is 8. The van der Waals surface area contributed by atoms with Crippen LogP contribution in [0.15, 0.2) is 42.5 Å². The third-order valence-corrected chi connectivity index (χ3v) is 3.84. The van der Waals surface area contributed by atoms with Gasteiger partial charge in [0.25, 0.3) is 5.91 Å². The largest absolute Gasteiger partial charge is 0.493 e. The standard InChI is InChI=1S/C20H19ClFNO4/c1-3-23-20(25)12-27-18-9-5-13(10-19(18)26-2)4-8-17(24)14-6-7-16(22)15(21)11-14/h4-11H,3,12H2,1-2H3,(H,23,25)/b8-4+. The van der Waals surface area contributed by atoms with Crippen molar-refractivity contribution in [2.24, 2.45) is 0 Å². The van der Waals surface area contributed by atoms with Crippen molar-refractivity contribution < 1.29 is 23.5 Å². The summed E-state index contributed by atoms with van der Waals surface area (Å²) in [6.45, 7) is 2.22. The van der Waals surface area contributed by atoms with Gasteiger partial charge < -0.3 is 14.8 Å². The predicted molar refractivity (Wildman–Crippen MR) is 102 cm³/mol. The Morgan fingerprint density at radius 2 is 1.96 bits per heavy atom. The fourth-order valence-electron chi connectivity index (χ4n) is 2.22. The van der Waals surface area contributed by atoms with Gasteiger partial charge in [-0.2, -0.15) is 0 Å². The SMILES string of the molecule is CCNC(=O)COc1ccc(/C=C/C(=O)c2ccc(F)c(Cl)c2)cc1OC. The zero-order valence-electron chi connectivity index (χ0n) is 14.9. The molecule has 0 saturated heterocycles. The highest BCUT2D eigenvalue weighted by atomic mass is 35.5. The smallest absolute Gasteiger partial charge is 0.257 e. The molecule has 0 unspecified atom stereocenters. The molecule has 0 heterocycles. The average molecular weight is 392 g/mol. The summed E-state index contributed by atoms with van der Waals surface area (Å²) in [6.07, 6.45) is 2.95. The fraction of sp³-hybridized carbons (Fsp3) is 0.200. The minimum absolute atomic E-state index is 0.107.